The molecular formula is C23H24ClNO4S2. The highest BCUT2D eigenvalue weighted by atomic mass is 35.5. The molecule has 0 spiro atoms. The first-order valence-electron chi connectivity index (χ1n) is 9.96. The molecule has 0 radical (unpaired) electrons. The number of sulfone groups is 1. The molecule has 1 unspecified atom stereocenters. The average molecular weight is 478 g/mol. The fourth-order valence-electron chi connectivity index (χ4n) is 3.81. The van der Waals surface area contributed by atoms with Gasteiger partial charge in [-0.2, -0.15) is 0 Å². The first-order valence-corrected chi connectivity index (χ1v) is 12.6. The second-order valence-corrected chi connectivity index (χ2v) is 11.4. The summed E-state index contributed by atoms with van der Waals surface area (Å²) in [4.78, 5) is 3.29. The Morgan fingerprint density at radius 2 is 1.71 bits per heavy atom. The second-order valence-electron chi connectivity index (χ2n) is 7.69. The summed E-state index contributed by atoms with van der Waals surface area (Å²) < 4.78 is 32.9. The minimum absolute atomic E-state index is 0.164. The largest absolute Gasteiger partial charge is 0.495 e. The van der Waals surface area contributed by atoms with Gasteiger partial charge < -0.3 is 14.7 Å². The fraction of sp³-hybridized carbons (Fsp3) is 0.304. The minimum atomic E-state index is -3.78. The number of halogens is 1. The summed E-state index contributed by atoms with van der Waals surface area (Å²) in [6.45, 7) is 1.82. The van der Waals surface area contributed by atoms with E-state index in [-0.39, 0.29) is 9.79 Å². The maximum Gasteiger partial charge on any atom is 0.210 e. The van der Waals surface area contributed by atoms with E-state index in [4.69, 9.17) is 16.3 Å². The molecule has 1 aliphatic rings. The molecule has 0 bridgehead atoms. The predicted molar refractivity (Wildman–Crippen MR) is 123 cm³/mol. The SMILES string of the molecule is COc1cc2c(cc1S(=O)(=O)c1ccc(C(O)c3ccc(Cl)s3)cc1)CCN(C)CC2. The number of hydrogen-bond acceptors (Lipinski definition) is 6. The van der Waals surface area contributed by atoms with Crippen molar-refractivity contribution in [3.05, 3.63) is 74.4 Å². The van der Waals surface area contributed by atoms with Crippen molar-refractivity contribution in [2.24, 2.45) is 0 Å². The maximum absolute atomic E-state index is 13.4. The Bertz CT molecular complexity index is 1190. The number of fused-ring (bicyclic) bond motifs is 1. The van der Waals surface area contributed by atoms with Crippen LogP contribution in [0, 0.1) is 0 Å². The van der Waals surface area contributed by atoms with Crippen LogP contribution in [0.1, 0.15) is 27.7 Å². The van der Waals surface area contributed by atoms with E-state index in [0.29, 0.717) is 20.5 Å². The van der Waals surface area contributed by atoms with E-state index in [9.17, 15) is 13.5 Å². The van der Waals surface area contributed by atoms with Crippen LogP contribution in [0.4, 0.5) is 0 Å². The third-order valence-electron chi connectivity index (χ3n) is 5.67. The van der Waals surface area contributed by atoms with Crippen molar-refractivity contribution in [1.82, 2.24) is 4.90 Å². The van der Waals surface area contributed by atoms with Crippen molar-refractivity contribution in [2.75, 3.05) is 27.2 Å². The molecule has 1 aromatic heterocycles. The van der Waals surface area contributed by atoms with Gasteiger partial charge in [0.15, 0.2) is 0 Å². The monoisotopic (exact) mass is 477 g/mol. The van der Waals surface area contributed by atoms with Crippen LogP contribution in [-0.2, 0) is 22.7 Å². The molecule has 1 aliphatic heterocycles. The van der Waals surface area contributed by atoms with Crippen molar-refractivity contribution in [3.8, 4) is 5.75 Å². The van der Waals surface area contributed by atoms with Crippen LogP contribution in [0.2, 0.25) is 4.34 Å². The van der Waals surface area contributed by atoms with Gasteiger partial charge in [0.25, 0.3) is 0 Å². The number of nitrogens with zero attached hydrogens (tertiary/aromatic N) is 1. The average Bonchev–Trinajstić information content (AvgIpc) is 3.12. The topological polar surface area (TPSA) is 66.8 Å². The molecular weight excluding hydrogens is 454 g/mol. The van der Waals surface area contributed by atoms with E-state index in [0.717, 1.165) is 37.1 Å². The molecule has 0 aliphatic carbocycles. The summed E-state index contributed by atoms with van der Waals surface area (Å²) >= 11 is 7.25. The summed E-state index contributed by atoms with van der Waals surface area (Å²) in [5.41, 5.74) is 2.79. The summed E-state index contributed by atoms with van der Waals surface area (Å²) in [5.74, 6) is 0.362. The Morgan fingerprint density at radius 1 is 1.06 bits per heavy atom. The van der Waals surface area contributed by atoms with Crippen molar-refractivity contribution in [3.63, 3.8) is 0 Å². The normalized spacial score (nSPS) is 15.9. The fourth-order valence-corrected chi connectivity index (χ4v) is 6.34. The maximum atomic E-state index is 13.4. The van der Waals surface area contributed by atoms with Gasteiger partial charge in [-0.25, -0.2) is 8.42 Å². The zero-order chi connectivity index (χ0) is 22.2. The molecule has 0 amide bonds. The highest BCUT2D eigenvalue weighted by molar-refractivity contribution is 7.91. The molecule has 2 heterocycles. The lowest BCUT2D eigenvalue weighted by Gasteiger charge is -2.15. The molecule has 3 aromatic rings. The van der Waals surface area contributed by atoms with E-state index in [1.54, 1.807) is 30.3 Å². The third-order valence-corrected chi connectivity index (χ3v) is 8.75. The quantitative estimate of drug-likeness (QED) is 0.591. The molecule has 4 rings (SSSR count). The first-order chi connectivity index (χ1) is 14.8. The third kappa shape index (κ3) is 4.52. The number of aliphatic hydroxyl groups excluding tert-OH is 1. The zero-order valence-corrected chi connectivity index (χ0v) is 19.7. The van der Waals surface area contributed by atoms with Crippen molar-refractivity contribution in [1.29, 1.82) is 0 Å². The summed E-state index contributed by atoms with van der Waals surface area (Å²) in [5, 5.41) is 10.6. The van der Waals surface area contributed by atoms with Gasteiger partial charge in [-0.1, -0.05) is 23.7 Å². The summed E-state index contributed by atoms with van der Waals surface area (Å²) in [7, 11) is -0.217. The highest BCUT2D eigenvalue weighted by Crippen LogP contribution is 2.35. The molecule has 1 N–H and O–H groups in total. The lowest BCUT2D eigenvalue weighted by molar-refractivity contribution is 0.224. The van der Waals surface area contributed by atoms with Crippen molar-refractivity contribution >= 4 is 32.8 Å². The number of rotatable bonds is 5. The van der Waals surface area contributed by atoms with Crippen LogP contribution in [0.5, 0.6) is 5.75 Å². The number of methoxy groups -OCH3 is 1. The van der Waals surface area contributed by atoms with E-state index < -0.39 is 15.9 Å². The van der Waals surface area contributed by atoms with E-state index in [1.165, 1.54) is 30.6 Å². The smallest absolute Gasteiger partial charge is 0.210 e. The van der Waals surface area contributed by atoms with Gasteiger partial charge >= 0.3 is 0 Å². The molecule has 2 aromatic carbocycles. The van der Waals surface area contributed by atoms with Crippen LogP contribution < -0.4 is 4.74 Å². The van der Waals surface area contributed by atoms with Gasteiger partial charge in [-0.05, 0) is 73.0 Å². The first kappa shape index (κ1) is 22.3. The lowest BCUT2D eigenvalue weighted by atomic mass is 10.0. The number of hydrogen-bond donors (Lipinski definition) is 1. The standard InChI is InChI=1S/C23H24ClNO4S2/c1-25-11-9-16-13-19(29-2)21(14-17(16)10-12-25)31(27,28)18-5-3-15(4-6-18)23(26)20-7-8-22(24)30-20/h3-8,13-14,23,26H,9-12H2,1-2H3. The van der Waals surface area contributed by atoms with Gasteiger partial charge in [0.05, 0.1) is 16.3 Å². The molecule has 31 heavy (non-hydrogen) atoms. The summed E-state index contributed by atoms with van der Waals surface area (Å²) in [6.07, 6.45) is 0.808. The number of benzene rings is 2. The molecule has 1 atom stereocenters. The number of thiophene rings is 1. The Labute approximate surface area is 191 Å². The molecule has 0 saturated heterocycles. The molecule has 5 nitrogen and oxygen atoms in total. The van der Waals surface area contributed by atoms with E-state index in [1.807, 2.05) is 6.07 Å². The van der Waals surface area contributed by atoms with Crippen LogP contribution in [0.15, 0.2) is 58.3 Å². The molecule has 164 valence electrons. The number of ether oxygens (including phenoxy) is 1. The van der Waals surface area contributed by atoms with Crippen LogP contribution >= 0.6 is 22.9 Å². The molecule has 0 saturated carbocycles. The number of aliphatic hydroxyl groups is 1. The van der Waals surface area contributed by atoms with Crippen LogP contribution in [0.3, 0.4) is 0 Å². The van der Waals surface area contributed by atoms with Gasteiger partial charge in [-0.3, -0.25) is 0 Å². The van der Waals surface area contributed by atoms with Crippen molar-refractivity contribution in [2.45, 2.75) is 28.7 Å². The van der Waals surface area contributed by atoms with E-state index in [2.05, 4.69) is 11.9 Å². The number of likely N-dealkylation sites (N-methyl/N-ethyl adjacent to an activating group) is 1. The van der Waals surface area contributed by atoms with Crippen molar-refractivity contribution < 1.29 is 18.3 Å². The summed E-state index contributed by atoms with van der Waals surface area (Å²) in [6, 6.07) is 13.4. The predicted octanol–water partition coefficient (Wildman–Crippen LogP) is 4.36. The highest BCUT2D eigenvalue weighted by Gasteiger charge is 2.26. The van der Waals surface area contributed by atoms with Gasteiger partial charge in [0.1, 0.15) is 16.7 Å². The van der Waals surface area contributed by atoms with Crippen LogP contribution in [0.25, 0.3) is 0 Å². The molecule has 0 fully saturated rings. The zero-order valence-electron chi connectivity index (χ0n) is 17.3. The van der Waals surface area contributed by atoms with Crippen LogP contribution in [-0.4, -0.2) is 45.7 Å². The lowest BCUT2D eigenvalue weighted by Crippen LogP contribution is -2.20. The van der Waals surface area contributed by atoms with Gasteiger partial charge in [0.2, 0.25) is 9.84 Å². The Balaban J connectivity index is 1.68. The molecule has 8 heteroatoms. The van der Waals surface area contributed by atoms with E-state index >= 15 is 0 Å². The Morgan fingerprint density at radius 3 is 2.29 bits per heavy atom. The second kappa shape index (κ2) is 8.92. The minimum Gasteiger partial charge on any atom is -0.495 e. The van der Waals surface area contributed by atoms with Gasteiger partial charge in [0, 0.05) is 18.0 Å². The van der Waals surface area contributed by atoms with Gasteiger partial charge in [-0.15, -0.1) is 11.3 Å². The Kier molecular flexibility index (Phi) is 6.42. The Hall–Kier alpha value is -1.90.